The Balaban J connectivity index is 1.39. The fourth-order valence-electron chi connectivity index (χ4n) is 5.24. The third kappa shape index (κ3) is 6.64. The van der Waals surface area contributed by atoms with Crippen molar-refractivity contribution in [2.75, 3.05) is 6.26 Å². The molecule has 1 saturated heterocycles. The first-order valence-electron chi connectivity index (χ1n) is 12.6. The Morgan fingerprint density at radius 1 is 1.08 bits per heavy atom. The molecule has 0 unspecified atom stereocenters. The van der Waals surface area contributed by atoms with Crippen LogP contribution in [0.2, 0.25) is 0 Å². The van der Waals surface area contributed by atoms with Crippen LogP contribution in [0.4, 0.5) is 4.79 Å². The van der Waals surface area contributed by atoms with Crippen molar-refractivity contribution in [3.8, 4) is 22.9 Å². The average molecular weight is 540 g/mol. The molecule has 4 atom stereocenters. The highest BCUT2D eigenvalue weighted by molar-refractivity contribution is 7.86. The number of carbonyl (C=O) groups excluding carboxylic acids is 2. The lowest BCUT2D eigenvalue weighted by Gasteiger charge is -2.35. The second kappa shape index (κ2) is 10.7. The second-order valence-electron chi connectivity index (χ2n) is 11.0. The van der Waals surface area contributed by atoms with Crippen LogP contribution in [0, 0.1) is 17.2 Å². The molecule has 2 aliphatic rings. The first kappa shape index (κ1) is 27.5. The SMILES string of the molecule is CC(C)(C)OC(=O)N1[C@@H]2CC[C@@H](C2)[C@H]1C(=O)N[C@H](C#N)Cc1ccc(-c2ccc(OS(C)(=O)=O)cc2)cc1. The Morgan fingerprint density at radius 3 is 2.24 bits per heavy atom. The normalized spacial score (nSPS) is 21.4. The smallest absolute Gasteiger partial charge is 0.411 e. The molecule has 2 amide bonds. The summed E-state index contributed by atoms with van der Waals surface area (Å²) < 4.78 is 33.0. The summed E-state index contributed by atoms with van der Waals surface area (Å²) in [6, 6.07) is 15.1. The molecule has 38 heavy (non-hydrogen) atoms. The van der Waals surface area contributed by atoms with Crippen LogP contribution in [0.3, 0.4) is 0 Å². The van der Waals surface area contributed by atoms with Crippen molar-refractivity contribution in [3.05, 3.63) is 54.1 Å². The first-order valence-corrected chi connectivity index (χ1v) is 14.4. The second-order valence-corrected chi connectivity index (χ2v) is 12.5. The summed E-state index contributed by atoms with van der Waals surface area (Å²) >= 11 is 0. The third-order valence-corrected chi connectivity index (χ3v) is 7.25. The van der Waals surface area contributed by atoms with Gasteiger partial charge >= 0.3 is 16.2 Å². The van der Waals surface area contributed by atoms with Gasteiger partial charge in [-0.1, -0.05) is 36.4 Å². The summed E-state index contributed by atoms with van der Waals surface area (Å²) in [6.45, 7) is 5.40. The van der Waals surface area contributed by atoms with Crippen LogP contribution < -0.4 is 9.50 Å². The van der Waals surface area contributed by atoms with Crippen LogP contribution in [0.25, 0.3) is 11.1 Å². The summed E-state index contributed by atoms with van der Waals surface area (Å²) in [5.41, 5.74) is 2.00. The van der Waals surface area contributed by atoms with Gasteiger partial charge in [-0.15, -0.1) is 0 Å². The molecule has 202 valence electrons. The number of fused-ring (bicyclic) bond motifs is 2. The average Bonchev–Trinajstić information content (AvgIpc) is 3.44. The number of hydrogen-bond donors (Lipinski definition) is 1. The summed E-state index contributed by atoms with van der Waals surface area (Å²) in [7, 11) is -3.59. The molecule has 10 heteroatoms. The summed E-state index contributed by atoms with van der Waals surface area (Å²) in [6.07, 6.45) is 3.33. The molecule has 0 spiro atoms. The summed E-state index contributed by atoms with van der Waals surface area (Å²) in [5, 5.41) is 12.6. The highest BCUT2D eigenvalue weighted by Crippen LogP contribution is 2.43. The van der Waals surface area contributed by atoms with Crippen LogP contribution in [-0.2, 0) is 26.1 Å². The minimum atomic E-state index is -3.59. The molecule has 0 aromatic heterocycles. The molecular weight excluding hydrogens is 506 g/mol. The van der Waals surface area contributed by atoms with Crippen molar-refractivity contribution >= 4 is 22.1 Å². The quantitative estimate of drug-likeness (QED) is 0.527. The van der Waals surface area contributed by atoms with E-state index in [9.17, 15) is 23.3 Å². The maximum absolute atomic E-state index is 13.3. The van der Waals surface area contributed by atoms with Crippen molar-refractivity contribution in [3.63, 3.8) is 0 Å². The molecule has 1 N–H and O–H groups in total. The molecule has 1 aliphatic carbocycles. The lowest BCUT2D eigenvalue weighted by atomic mass is 9.97. The molecule has 0 radical (unpaired) electrons. The van der Waals surface area contributed by atoms with Crippen molar-refractivity contribution < 1.29 is 26.9 Å². The van der Waals surface area contributed by atoms with Gasteiger partial charge in [0.2, 0.25) is 5.91 Å². The zero-order valence-electron chi connectivity index (χ0n) is 22.0. The Morgan fingerprint density at radius 2 is 1.68 bits per heavy atom. The Labute approximate surface area is 223 Å². The number of nitrogens with one attached hydrogen (secondary N) is 1. The molecule has 2 fully saturated rings. The lowest BCUT2D eigenvalue weighted by molar-refractivity contribution is -0.128. The number of nitrogens with zero attached hydrogens (tertiary/aromatic N) is 2. The number of amides is 2. The van der Waals surface area contributed by atoms with Crippen molar-refractivity contribution in [2.45, 2.75) is 70.2 Å². The molecular formula is C28H33N3O6S. The number of rotatable bonds is 7. The number of hydrogen-bond acceptors (Lipinski definition) is 7. The number of carbonyl (C=O) groups is 2. The van der Waals surface area contributed by atoms with E-state index in [0.717, 1.165) is 42.2 Å². The van der Waals surface area contributed by atoms with Gasteiger partial charge in [0.25, 0.3) is 0 Å². The van der Waals surface area contributed by atoms with Gasteiger partial charge in [-0.25, -0.2) is 4.79 Å². The highest BCUT2D eigenvalue weighted by Gasteiger charge is 2.52. The maximum Gasteiger partial charge on any atom is 0.411 e. The van der Waals surface area contributed by atoms with E-state index in [1.165, 1.54) is 0 Å². The van der Waals surface area contributed by atoms with E-state index in [1.807, 2.05) is 24.3 Å². The fourth-order valence-corrected chi connectivity index (χ4v) is 5.70. The molecule has 2 aromatic rings. The van der Waals surface area contributed by atoms with Gasteiger partial charge in [0.05, 0.1) is 12.3 Å². The standard InChI is InChI=1S/C28H33N3O6S/c1-28(2,3)36-27(33)31-23-12-9-21(16-23)25(31)26(32)30-22(17-29)15-18-5-7-19(8-6-18)20-10-13-24(14-11-20)37-38(4,34)35/h5-8,10-11,13-14,21-23,25H,9,12,15-16H2,1-4H3,(H,30,32)/t21-,22-,23+,25-/m0/s1. The third-order valence-electron chi connectivity index (χ3n) is 6.76. The maximum atomic E-state index is 13.3. The van der Waals surface area contributed by atoms with Gasteiger partial charge in [0.15, 0.2) is 0 Å². The summed E-state index contributed by atoms with van der Waals surface area (Å²) in [5.74, 6) is -0.0100. The number of benzene rings is 2. The van der Waals surface area contributed by atoms with E-state index in [4.69, 9.17) is 8.92 Å². The fraction of sp³-hybridized carbons (Fsp3) is 0.464. The van der Waals surface area contributed by atoms with E-state index in [-0.39, 0.29) is 23.6 Å². The summed E-state index contributed by atoms with van der Waals surface area (Å²) in [4.78, 5) is 27.7. The highest BCUT2D eigenvalue weighted by atomic mass is 32.2. The van der Waals surface area contributed by atoms with Gasteiger partial charge < -0.3 is 14.2 Å². The molecule has 2 bridgehead atoms. The van der Waals surface area contributed by atoms with Crippen LogP contribution in [-0.4, -0.2) is 55.3 Å². The van der Waals surface area contributed by atoms with Crippen LogP contribution in [0.1, 0.15) is 45.6 Å². The van der Waals surface area contributed by atoms with Gasteiger partial charge in [-0.2, -0.15) is 13.7 Å². The number of piperidine rings is 1. The molecule has 1 aliphatic heterocycles. The van der Waals surface area contributed by atoms with Gasteiger partial charge in [0, 0.05) is 12.5 Å². The van der Waals surface area contributed by atoms with E-state index >= 15 is 0 Å². The minimum absolute atomic E-state index is 0.00863. The topological polar surface area (TPSA) is 126 Å². The van der Waals surface area contributed by atoms with Gasteiger partial charge in [-0.3, -0.25) is 9.69 Å². The Kier molecular flexibility index (Phi) is 7.70. The van der Waals surface area contributed by atoms with Gasteiger partial charge in [-0.05, 0) is 74.8 Å². The molecule has 2 aromatic carbocycles. The minimum Gasteiger partial charge on any atom is -0.444 e. The van der Waals surface area contributed by atoms with Gasteiger partial charge in [0.1, 0.15) is 23.4 Å². The predicted molar refractivity (Wildman–Crippen MR) is 142 cm³/mol. The van der Waals surface area contributed by atoms with E-state index in [2.05, 4.69) is 11.4 Å². The molecule has 1 heterocycles. The molecule has 4 rings (SSSR count). The van der Waals surface area contributed by atoms with Crippen LogP contribution >= 0.6 is 0 Å². The number of likely N-dealkylation sites (tertiary alicyclic amines) is 1. The Bertz CT molecular complexity index is 1330. The largest absolute Gasteiger partial charge is 0.444 e. The first-order chi connectivity index (χ1) is 17.8. The van der Waals surface area contributed by atoms with Crippen molar-refractivity contribution in [1.29, 1.82) is 5.26 Å². The molecule has 9 nitrogen and oxygen atoms in total. The van der Waals surface area contributed by atoms with Crippen molar-refractivity contribution in [1.82, 2.24) is 10.2 Å². The Hall–Kier alpha value is -3.58. The monoisotopic (exact) mass is 539 g/mol. The van der Waals surface area contributed by atoms with Crippen molar-refractivity contribution in [2.24, 2.45) is 5.92 Å². The zero-order valence-corrected chi connectivity index (χ0v) is 22.8. The van der Waals surface area contributed by atoms with E-state index in [0.29, 0.717) is 6.42 Å². The number of nitriles is 1. The van der Waals surface area contributed by atoms with Crippen LogP contribution in [0.15, 0.2) is 48.5 Å². The van der Waals surface area contributed by atoms with E-state index in [1.54, 1.807) is 49.9 Å². The predicted octanol–water partition coefficient (Wildman–Crippen LogP) is 4.03. The number of ether oxygens (including phenoxy) is 1. The van der Waals surface area contributed by atoms with Crippen LogP contribution in [0.5, 0.6) is 5.75 Å². The molecule has 1 saturated carbocycles. The van der Waals surface area contributed by atoms with E-state index < -0.39 is 33.9 Å². The zero-order chi connectivity index (χ0) is 27.7. The lowest BCUT2D eigenvalue weighted by Crippen LogP contribution is -2.55.